The number of rotatable bonds is 1. The van der Waals surface area contributed by atoms with Crippen molar-refractivity contribution in [1.29, 1.82) is 5.41 Å². The Morgan fingerprint density at radius 1 is 1.50 bits per heavy atom. The van der Waals surface area contributed by atoms with Crippen LogP contribution in [0.15, 0.2) is 0 Å². The Kier molecular flexibility index (Phi) is 2.74. The summed E-state index contributed by atoms with van der Waals surface area (Å²) in [6, 6.07) is 0.626. The summed E-state index contributed by atoms with van der Waals surface area (Å²) in [5.74, 6) is 0.593. The minimum Gasteiger partial charge on any atom is -0.367 e. The van der Waals surface area contributed by atoms with Crippen LogP contribution in [0.4, 0.5) is 0 Å². The second-order valence-electron chi connectivity index (χ2n) is 4.39. The summed E-state index contributed by atoms with van der Waals surface area (Å²) < 4.78 is 5.71. The molecule has 0 radical (unpaired) electrons. The van der Waals surface area contributed by atoms with E-state index in [1.807, 2.05) is 19.0 Å². The number of nitrogens with one attached hydrogen (secondary N) is 1. The molecule has 4 nitrogen and oxygen atoms in total. The van der Waals surface area contributed by atoms with Gasteiger partial charge in [0.25, 0.3) is 0 Å². The molecule has 0 saturated carbocycles. The van der Waals surface area contributed by atoms with E-state index >= 15 is 0 Å². The molecule has 0 spiro atoms. The van der Waals surface area contributed by atoms with Gasteiger partial charge in [-0.15, -0.1) is 0 Å². The molecule has 2 fully saturated rings. The van der Waals surface area contributed by atoms with Crippen molar-refractivity contribution in [3.63, 3.8) is 0 Å². The average molecular weight is 197 g/mol. The van der Waals surface area contributed by atoms with E-state index in [2.05, 4.69) is 4.90 Å². The van der Waals surface area contributed by atoms with E-state index in [4.69, 9.17) is 10.1 Å². The van der Waals surface area contributed by atoms with Crippen LogP contribution >= 0.6 is 0 Å². The first-order valence-corrected chi connectivity index (χ1v) is 5.30. The van der Waals surface area contributed by atoms with Gasteiger partial charge in [-0.3, -0.25) is 10.3 Å². The molecular weight excluding hydrogens is 178 g/mol. The van der Waals surface area contributed by atoms with Crippen LogP contribution in [0.5, 0.6) is 0 Å². The van der Waals surface area contributed by atoms with E-state index in [1.165, 1.54) is 19.4 Å². The Balaban J connectivity index is 1.94. The summed E-state index contributed by atoms with van der Waals surface area (Å²) in [6.07, 6.45) is 2.54. The maximum atomic E-state index is 7.86. The van der Waals surface area contributed by atoms with Gasteiger partial charge in [-0.2, -0.15) is 0 Å². The van der Waals surface area contributed by atoms with Crippen molar-refractivity contribution in [2.75, 3.05) is 33.8 Å². The third kappa shape index (κ3) is 1.77. The lowest BCUT2D eigenvalue weighted by Gasteiger charge is -2.36. The predicted molar refractivity (Wildman–Crippen MR) is 55.7 cm³/mol. The second kappa shape index (κ2) is 3.87. The van der Waals surface area contributed by atoms with Crippen molar-refractivity contribution in [3.8, 4) is 0 Å². The molecule has 2 unspecified atom stereocenters. The minimum atomic E-state index is -0.0145. The van der Waals surface area contributed by atoms with Gasteiger partial charge < -0.3 is 9.64 Å². The molecule has 80 valence electrons. The second-order valence-corrected chi connectivity index (χ2v) is 4.39. The molecule has 4 heteroatoms. The highest BCUT2D eigenvalue weighted by atomic mass is 16.5. The third-order valence-corrected chi connectivity index (χ3v) is 3.18. The van der Waals surface area contributed by atoms with Gasteiger partial charge in [0.15, 0.2) is 0 Å². The van der Waals surface area contributed by atoms with Gasteiger partial charge in [0.2, 0.25) is 0 Å². The average Bonchev–Trinajstić information content (AvgIpc) is 2.62. The number of fused-ring (bicyclic) bond motifs is 1. The first kappa shape index (κ1) is 9.93. The van der Waals surface area contributed by atoms with Crippen LogP contribution in [0.2, 0.25) is 0 Å². The first-order chi connectivity index (χ1) is 6.68. The number of likely N-dealkylation sites (N-methyl/N-ethyl adjacent to an activating group) is 1. The zero-order valence-corrected chi connectivity index (χ0v) is 8.99. The lowest BCUT2D eigenvalue weighted by molar-refractivity contribution is -0.0203. The molecular formula is C10H19N3O. The quantitative estimate of drug-likeness (QED) is 0.488. The molecule has 2 atom stereocenters. The van der Waals surface area contributed by atoms with E-state index in [0.29, 0.717) is 11.9 Å². The minimum absolute atomic E-state index is 0.0145. The van der Waals surface area contributed by atoms with Crippen molar-refractivity contribution in [2.24, 2.45) is 0 Å². The molecule has 2 heterocycles. The maximum Gasteiger partial charge on any atom is 0.127 e. The Morgan fingerprint density at radius 2 is 2.29 bits per heavy atom. The highest BCUT2D eigenvalue weighted by Crippen LogP contribution is 2.22. The molecule has 0 aromatic rings. The van der Waals surface area contributed by atoms with Gasteiger partial charge >= 0.3 is 0 Å². The van der Waals surface area contributed by atoms with Crippen molar-refractivity contribution in [2.45, 2.75) is 25.0 Å². The van der Waals surface area contributed by atoms with Gasteiger partial charge in [0, 0.05) is 26.7 Å². The van der Waals surface area contributed by atoms with E-state index < -0.39 is 0 Å². The first-order valence-electron chi connectivity index (χ1n) is 5.30. The Hall–Kier alpha value is -0.610. The van der Waals surface area contributed by atoms with Crippen molar-refractivity contribution in [1.82, 2.24) is 9.80 Å². The van der Waals surface area contributed by atoms with Crippen LogP contribution in [0.1, 0.15) is 12.8 Å². The molecule has 0 aromatic carbocycles. The SMILES string of the molecule is CN(C)C(=N)C1CN2CCCC2CO1. The summed E-state index contributed by atoms with van der Waals surface area (Å²) >= 11 is 0. The standard InChI is InChI=1S/C10H19N3O/c1-12(2)10(11)9-6-13-5-3-4-8(13)7-14-9/h8-9,11H,3-7H2,1-2H3. The third-order valence-electron chi connectivity index (χ3n) is 3.18. The number of hydrogen-bond donors (Lipinski definition) is 1. The van der Waals surface area contributed by atoms with Crippen LogP contribution < -0.4 is 0 Å². The van der Waals surface area contributed by atoms with Crippen molar-refractivity contribution < 1.29 is 4.74 Å². The van der Waals surface area contributed by atoms with Crippen molar-refractivity contribution in [3.05, 3.63) is 0 Å². The summed E-state index contributed by atoms with van der Waals surface area (Å²) in [4.78, 5) is 4.30. The Bertz CT molecular complexity index is 229. The zero-order valence-electron chi connectivity index (χ0n) is 8.99. The van der Waals surface area contributed by atoms with Crippen LogP contribution in [-0.2, 0) is 4.74 Å². The normalized spacial score (nSPS) is 32.7. The van der Waals surface area contributed by atoms with Gasteiger partial charge in [-0.1, -0.05) is 0 Å². The van der Waals surface area contributed by atoms with Gasteiger partial charge in [-0.25, -0.2) is 0 Å². The highest BCUT2D eigenvalue weighted by Gasteiger charge is 2.34. The number of hydrogen-bond acceptors (Lipinski definition) is 3. The predicted octanol–water partition coefficient (Wildman–Crippen LogP) is 0.388. The fraction of sp³-hybridized carbons (Fsp3) is 0.900. The Labute approximate surface area is 85.3 Å². The summed E-state index contributed by atoms with van der Waals surface area (Å²) in [5, 5.41) is 7.86. The van der Waals surface area contributed by atoms with Crippen molar-refractivity contribution >= 4 is 5.84 Å². The fourth-order valence-corrected chi connectivity index (χ4v) is 2.27. The van der Waals surface area contributed by atoms with Crippen LogP contribution in [0, 0.1) is 5.41 Å². The summed E-state index contributed by atoms with van der Waals surface area (Å²) in [6.45, 7) is 2.90. The molecule has 1 N–H and O–H groups in total. The zero-order chi connectivity index (χ0) is 10.1. The van der Waals surface area contributed by atoms with Crippen LogP contribution in [-0.4, -0.2) is 61.6 Å². The van der Waals surface area contributed by atoms with E-state index in [1.54, 1.807) is 0 Å². The molecule has 2 saturated heterocycles. The van der Waals surface area contributed by atoms with Gasteiger partial charge in [-0.05, 0) is 19.4 Å². The molecule has 0 amide bonds. The van der Waals surface area contributed by atoms with E-state index in [0.717, 1.165) is 13.2 Å². The number of ether oxygens (including phenoxy) is 1. The molecule has 2 rings (SSSR count). The lowest BCUT2D eigenvalue weighted by atomic mass is 10.1. The topological polar surface area (TPSA) is 39.6 Å². The van der Waals surface area contributed by atoms with Crippen LogP contribution in [0.3, 0.4) is 0 Å². The monoisotopic (exact) mass is 197 g/mol. The molecule has 0 aromatic heterocycles. The molecule has 0 aliphatic carbocycles. The van der Waals surface area contributed by atoms with Gasteiger partial charge in [0.1, 0.15) is 11.9 Å². The van der Waals surface area contributed by atoms with E-state index in [-0.39, 0.29) is 6.10 Å². The van der Waals surface area contributed by atoms with E-state index in [9.17, 15) is 0 Å². The lowest BCUT2D eigenvalue weighted by Crippen LogP contribution is -2.51. The molecule has 0 bridgehead atoms. The maximum absolute atomic E-state index is 7.86. The molecule has 2 aliphatic heterocycles. The largest absolute Gasteiger partial charge is 0.367 e. The Morgan fingerprint density at radius 3 is 3.00 bits per heavy atom. The smallest absolute Gasteiger partial charge is 0.127 e. The number of amidine groups is 1. The van der Waals surface area contributed by atoms with Gasteiger partial charge in [0.05, 0.1) is 6.61 Å². The summed E-state index contributed by atoms with van der Waals surface area (Å²) in [7, 11) is 3.81. The highest BCUT2D eigenvalue weighted by molar-refractivity contribution is 5.83. The number of morpholine rings is 1. The molecule has 2 aliphatic rings. The van der Waals surface area contributed by atoms with Crippen LogP contribution in [0.25, 0.3) is 0 Å². The molecule has 14 heavy (non-hydrogen) atoms. The number of nitrogens with zero attached hydrogens (tertiary/aromatic N) is 2. The fourth-order valence-electron chi connectivity index (χ4n) is 2.27. The summed E-state index contributed by atoms with van der Waals surface area (Å²) in [5.41, 5.74) is 0.